The zero-order valence-corrected chi connectivity index (χ0v) is 18.6. The molecule has 0 bridgehead atoms. The number of halogens is 1. The molecule has 1 amide bonds. The van der Waals surface area contributed by atoms with E-state index in [-0.39, 0.29) is 23.3 Å². The number of carbonyl (C=O) groups is 2. The van der Waals surface area contributed by atoms with Crippen LogP contribution in [-0.4, -0.2) is 32.2 Å². The number of ether oxygens (including phenoxy) is 1. The van der Waals surface area contributed by atoms with E-state index in [9.17, 15) is 14.0 Å². The lowest BCUT2D eigenvalue weighted by atomic mass is 10.1. The van der Waals surface area contributed by atoms with Crippen LogP contribution in [0.1, 0.15) is 36.1 Å². The van der Waals surface area contributed by atoms with Crippen molar-refractivity contribution in [3.8, 4) is 5.75 Å². The number of allylic oxidation sites excluding steroid dienone is 1. The second kappa shape index (κ2) is 10.7. The Balaban J connectivity index is 1.66. The lowest BCUT2D eigenvalue weighted by Crippen LogP contribution is -2.15. The topological polar surface area (TPSA) is 86.1 Å². The summed E-state index contributed by atoms with van der Waals surface area (Å²) in [5.74, 6) is 0.523. The first-order valence-electron chi connectivity index (χ1n) is 9.87. The van der Waals surface area contributed by atoms with Gasteiger partial charge in [0.15, 0.2) is 22.9 Å². The summed E-state index contributed by atoms with van der Waals surface area (Å²) in [6, 6.07) is 12.5. The zero-order valence-electron chi connectivity index (χ0n) is 17.7. The predicted octanol–water partition coefficient (Wildman–Crippen LogP) is 4.68. The monoisotopic (exact) mass is 454 g/mol. The number of benzene rings is 2. The standard InChI is InChI=1S/C23H23FN4O3S/c1-4-12-28-22(16(3)31-20-10-8-18(24)9-11-20)26-27-23(28)32-14-21(30)25-19-7-5-6-17(13-19)15(2)29/h4-11,13,16H,1,12,14H2,2-3H3,(H,25,30). The van der Waals surface area contributed by atoms with Gasteiger partial charge in [0.1, 0.15) is 11.6 Å². The largest absolute Gasteiger partial charge is 0.483 e. The molecule has 0 aliphatic rings. The van der Waals surface area contributed by atoms with E-state index < -0.39 is 6.10 Å². The van der Waals surface area contributed by atoms with Crippen LogP contribution < -0.4 is 10.1 Å². The minimum absolute atomic E-state index is 0.0718. The first-order valence-corrected chi connectivity index (χ1v) is 10.9. The number of rotatable bonds is 10. The first-order chi connectivity index (χ1) is 15.4. The predicted molar refractivity (Wildman–Crippen MR) is 121 cm³/mol. The minimum atomic E-state index is -0.453. The van der Waals surface area contributed by atoms with Crippen LogP contribution in [0.25, 0.3) is 0 Å². The highest BCUT2D eigenvalue weighted by Gasteiger charge is 2.20. The Hall–Kier alpha value is -3.46. The van der Waals surface area contributed by atoms with Crippen molar-refractivity contribution in [3.63, 3.8) is 0 Å². The Labute approximate surface area is 189 Å². The van der Waals surface area contributed by atoms with E-state index in [4.69, 9.17) is 4.74 Å². The summed E-state index contributed by atoms with van der Waals surface area (Å²) in [4.78, 5) is 23.9. The van der Waals surface area contributed by atoms with E-state index >= 15 is 0 Å². The molecule has 0 aliphatic carbocycles. The van der Waals surface area contributed by atoms with Crippen LogP contribution >= 0.6 is 11.8 Å². The van der Waals surface area contributed by atoms with Crippen LogP contribution in [0, 0.1) is 5.82 Å². The van der Waals surface area contributed by atoms with E-state index in [0.717, 1.165) is 0 Å². The highest BCUT2D eigenvalue weighted by molar-refractivity contribution is 7.99. The van der Waals surface area contributed by atoms with E-state index in [1.54, 1.807) is 42.5 Å². The van der Waals surface area contributed by atoms with E-state index in [0.29, 0.717) is 34.5 Å². The molecule has 0 aliphatic heterocycles. The first kappa shape index (κ1) is 23.2. The van der Waals surface area contributed by atoms with Crippen LogP contribution in [0.2, 0.25) is 0 Å². The number of ketones is 1. The molecule has 0 spiro atoms. The Morgan fingerprint density at radius 2 is 2.00 bits per heavy atom. The molecular formula is C23H23FN4O3S. The van der Waals surface area contributed by atoms with Crippen molar-refractivity contribution in [3.05, 3.63) is 78.4 Å². The summed E-state index contributed by atoms with van der Waals surface area (Å²) in [6.45, 7) is 7.49. The molecule has 1 heterocycles. The Kier molecular flexibility index (Phi) is 7.77. The average molecular weight is 455 g/mol. The lowest BCUT2D eigenvalue weighted by Gasteiger charge is -2.15. The van der Waals surface area contributed by atoms with Gasteiger partial charge in [0, 0.05) is 17.8 Å². The third kappa shape index (κ3) is 6.04. The van der Waals surface area contributed by atoms with Crippen molar-refractivity contribution in [1.82, 2.24) is 14.8 Å². The number of hydrogen-bond donors (Lipinski definition) is 1. The Morgan fingerprint density at radius 3 is 2.69 bits per heavy atom. The molecule has 3 aromatic rings. The molecular weight excluding hydrogens is 431 g/mol. The van der Waals surface area contributed by atoms with Crippen molar-refractivity contribution < 1.29 is 18.7 Å². The van der Waals surface area contributed by atoms with Crippen LogP contribution in [0.4, 0.5) is 10.1 Å². The van der Waals surface area contributed by atoms with Crippen molar-refractivity contribution in [2.75, 3.05) is 11.1 Å². The summed E-state index contributed by atoms with van der Waals surface area (Å²) in [5, 5.41) is 11.7. The second-order valence-electron chi connectivity index (χ2n) is 6.93. The third-order valence-electron chi connectivity index (χ3n) is 4.43. The van der Waals surface area contributed by atoms with Crippen LogP contribution in [-0.2, 0) is 11.3 Å². The third-order valence-corrected chi connectivity index (χ3v) is 5.40. The van der Waals surface area contributed by atoms with Gasteiger partial charge in [0.05, 0.1) is 5.75 Å². The molecule has 2 aromatic carbocycles. The van der Waals surface area contributed by atoms with Gasteiger partial charge in [-0.3, -0.25) is 14.2 Å². The fraction of sp³-hybridized carbons (Fsp3) is 0.217. The highest BCUT2D eigenvalue weighted by atomic mass is 32.2. The smallest absolute Gasteiger partial charge is 0.234 e. The molecule has 0 radical (unpaired) electrons. The maximum atomic E-state index is 13.1. The van der Waals surface area contributed by atoms with Crippen molar-refractivity contribution in [2.45, 2.75) is 31.7 Å². The van der Waals surface area contributed by atoms with Crippen LogP contribution in [0.3, 0.4) is 0 Å². The maximum Gasteiger partial charge on any atom is 0.234 e. The molecule has 0 fully saturated rings. The maximum absolute atomic E-state index is 13.1. The molecule has 1 N–H and O–H groups in total. The van der Waals surface area contributed by atoms with Crippen LogP contribution in [0.15, 0.2) is 66.3 Å². The van der Waals surface area contributed by atoms with Gasteiger partial charge >= 0.3 is 0 Å². The van der Waals surface area contributed by atoms with Crippen LogP contribution in [0.5, 0.6) is 5.75 Å². The molecule has 9 heteroatoms. The number of carbonyl (C=O) groups excluding carboxylic acids is 2. The number of anilines is 1. The Morgan fingerprint density at radius 1 is 1.25 bits per heavy atom. The summed E-state index contributed by atoms with van der Waals surface area (Å²) in [6.07, 6.45) is 1.25. The number of amides is 1. The summed E-state index contributed by atoms with van der Waals surface area (Å²) in [7, 11) is 0. The molecule has 3 rings (SSSR count). The summed E-state index contributed by atoms with van der Waals surface area (Å²) >= 11 is 1.23. The van der Waals surface area contributed by atoms with Gasteiger partial charge in [-0.25, -0.2) is 4.39 Å². The fourth-order valence-corrected chi connectivity index (χ4v) is 3.68. The number of thioether (sulfide) groups is 1. The normalized spacial score (nSPS) is 11.6. The lowest BCUT2D eigenvalue weighted by molar-refractivity contribution is -0.113. The zero-order chi connectivity index (χ0) is 23.1. The van der Waals surface area contributed by atoms with E-state index in [1.807, 2.05) is 11.5 Å². The number of nitrogens with zero attached hydrogens (tertiary/aromatic N) is 3. The number of hydrogen-bond acceptors (Lipinski definition) is 6. The van der Waals surface area contributed by atoms with Gasteiger partial charge in [0.2, 0.25) is 5.91 Å². The molecule has 1 unspecified atom stereocenters. The summed E-state index contributed by atoms with van der Waals surface area (Å²) < 4.78 is 20.8. The molecule has 0 saturated carbocycles. The van der Waals surface area contributed by atoms with Crippen molar-refractivity contribution in [1.29, 1.82) is 0 Å². The number of Topliss-reactive ketones (excluding diaryl/α,β-unsaturated/α-hetero) is 1. The van der Waals surface area contributed by atoms with E-state index in [2.05, 4.69) is 22.1 Å². The fourth-order valence-electron chi connectivity index (χ4n) is 2.92. The van der Waals surface area contributed by atoms with Crippen molar-refractivity contribution in [2.24, 2.45) is 0 Å². The van der Waals surface area contributed by atoms with Gasteiger partial charge < -0.3 is 10.1 Å². The van der Waals surface area contributed by atoms with Crippen molar-refractivity contribution >= 4 is 29.1 Å². The minimum Gasteiger partial charge on any atom is -0.483 e. The molecule has 7 nitrogen and oxygen atoms in total. The molecule has 0 saturated heterocycles. The molecule has 32 heavy (non-hydrogen) atoms. The molecule has 1 atom stereocenters. The number of nitrogens with one attached hydrogen (secondary N) is 1. The van der Waals surface area contributed by atoms with Gasteiger partial charge in [-0.2, -0.15) is 0 Å². The molecule has 1 aromatic heterocycles. The molecule has 166 valence electrons. The summed E-state index contributed by atoms with van der Waals surface area (Å²) in [5.41, 5.74) is 1.08. The second-order valence-corrected chi connectivity index (χ2v) is 7.87. The quantitative estimate of drug-likeness (QED) is 0.272. The van der Waals surface area contributed by atoms with Gasteiger partial charge in [0.25, 0.3) is 0 Å². The van der Waals surface area contributed by atoms with Gasteiger partial charge in [-0.15, -0.1) is 16.8 Å². The van der Waals surface area contributed by atoms with Gasteiger partial charge in [-0.1, -0.05) is 30.0 Å². The Bertz CT molecular complexity index is 1110. The number of aromatic nitrogens is 3. The van der Waals surface area contributed by atoms with Gasteiger partial charge in [-0.05, 0) is 50.2 Å². The highest BCUT2D eigenvalue weighted by Crippen LogP contribution is 2.25. The van der Waals surface area contributed by atoms with E-state index in [1.165, 1.54) is 30.8 Å². The average Bonchev–Trinajstić information content (AvgIpc) is 3.17. The SMILES string of the molecule is C=CCn1c(SCC(=O)Nc2cccc(C(C)=O)c2)nnc1C(C)Oc1ccc(F)cc1.